The summed E-state index contributed by atoms with van der Waals surface area (Å²) in [5, 5.41) is 7.09. The molecule has 0 radical (unpaired) electrons. The molecule has 0 atom stereocenters. The van der Waals surface area contributed by atoms with Crippen LogP contribution in [0, 0.1) is 24.7 Å². The van der Waals surface area contributed by atoms with Crippen LogP contribution in [0.3, 0.4) is 0 Å². The number of hydrogen-bond donors (Lipinski definition) is 2. The van der Waals surface area contributed by atoms with Gasteiger partial charge in [0.25, 0.3) is 0 Å². The van der Waals surface area contributed by atoms with Crippen LogP contribution in [0.4, 0.5) is 0 Å². The fourth-order valence-electron chi connectivity index (χ4n) is 10.7. The van der Waals surface area contributed by atoms with Gasteiger partial charge in [-0.1, -0.05) is 277 Å². The Morgan fingerprint density at radius 1 is 0.366 bits per heavy atom. The summed E-state index contributed by atoms with van der Waals surface area (Å²) >= 11 is 0. The molecule has 4 nitrogen and oxygen atoms in total. The van der Waals surface area contributed by atoms with E-state index in [0.717, 1.165) is 50.3 Å². The van der Waals surface area contributed by atoms with Crippen LogP contribution in [0.5, 0.6) is 0 Å². The summed E-state index contributed by atoms with van der Waals surface area (Å²) in [5.41, 5.74) is 3.12. The predicted molar refractivity (Wildman–Crippen MR) is 326 cm³/mol. The molecule has 0 aliphatic rings. The van der Waals surface area contributed by atoms with Gasteiger partial charge in [-0.2, -0.15) is 0 Å². The van der Waals surface area contributed by atoms with Crippen LogP contribution in [-0.4, -0.2) is 63.2 Å². The maximum absolute atomic E-state index is 4.70. The molecule has 0 aromatic rings. The Hall–Kier alpha value is -1.70. The highest BCUT2D eigenvalue weighted by molar-refractivity contribution is 5.00. The van der Waals surface area contributed by atoms with Crippen LogP contribution in [0.15, 0.2) is 36.7 Å². The molecule has 2 N–H and O–H groups in total. The Morgan fingerprint density at radius 2 is 0.732 bits per heavy atom. The third kappa shape index (κ3) is 54.4. The zero-order valence-corrected chi connectivity index (χ0v) is 49.9. The summed E-state index contributed by atoms with van der Waals surface area (Å²) in [6, 6.07) is 0. The molecular formula is C67H132N4. The van der Waals surface area contributed by atoms with Crippen molar-refractivity contribution in [3.05, 3.63) is 36.7 Å². The van der Waals surface area contributed by atoms with Gasteiger partial charge in [0.2, 0.25) is 0 Å². The Balaban J connectivity index is 0. The first-order valence-electron chi connectivity index (χ1n) is 32.0. The molecule has 420 valence electrons. The smallest absolute Gasteiger partial charge is 0.0912 e. The number of allylic oxidation sites excluding steroid dienone is 2. The first kappa shape index (κ1) is 71.4. The van der Waals surface area contributed by atoms with E-state index in [1.807, 2.05) is 0 Å². The van der Waals surface area contributed by atoms with E-state index in [1.54, 1.807) is 5.57 Å². The molecule has 0 aromatic carbocycles. The zero-order valence-electron chi connectivity index (χ0n) is 49.9. The Morgan fingerprint density at radius 3 is 1.17 bits per heavy atom. The zero-order chi connectivity index (χ0) is 52.5. The number of nitrogens with one attached hydrogen (secondary N) is 2. The van der Waals surface area contributed by atoms with Gasteiger partial charge >= 0.3 is 0 Å². The maximum atomic E-state index is 4.70. The van der Waals surface area contributed by atoms with Gasteiger partial charge in [0.15, 0.2) is 0 Å². The van der Waals surface area contributed by atoms with Crippen molar-refractivity contribution >= 4 is 0 Å². The van der Waals surface area contributed by atoms with Gasteiger partial charge in [-0.05, 0) is 116 Å². The average Bonchev–Trinajstić information content (AvgIpc) is 3.37. The van der Waals surface area contributed by atoms with Crippen molar-refractivity contribution < 1.29 is 0 Å². The van der Waals surface area contributed by atoms with Crippen LogP contribution in [-0.2, 0) is 0 Å². The second-order valence-electron chi connectivity index (χ2n) is 22.8. The van der Waals surface area contributed by atoms with Crippen molar-refractivity contribution in [2.45, 2.75) is 317 Å². The quantitative estimate of drug-likeness (QED) is 0.0361. The number of terminal acetylenes is 1. The summed E-state index contributed by atoms with van der Waals surface area (Å²) < 4.78 is 0. The van der Waals surface area contributed by atoms with Crippen LogP contribution >= 0.6 is 0 Å². The van der Waals surface area contributed by atoms with E-state index in [1.165, 1.54) is 301 Å². The summed E-state index contributed by atoms with van der Waals surface area (Å²) in [5.74, 6) is 2.69. The molecule has 0 fully saturated rings. The summed E-state index contributed by atoms with van der Waals surface area (Å²) in [4.78, 5) is 5.00. The first-order valence-corrected chi connectivity index (χ1v) is 32.0. The molecular weight excluding hydrogens is 861 g/mol. The summed E-state index contributed by atoms with van der Waals surface area (Å²) in [6.07, 6.45) is 70.5. The van der Waals surface area contributed by atoms with Crippen molar-refractivity contribution in [2.24, 2.45) is 11.8 Å². The summed E-state index contributed by atoms with van der Waals surface area (Å²) in [6.45, 7) is 29.5. The predicted octanol–water partition coefficient (Wildman–Crippen LogP) is 20.7. The molecule has 0 bridgehead atoms. The van der Waals surface area contributed by atoms with Crippen molar-refractivity contribution in [1.29, 1.82) is 0 Å². The number of nitrogens with zero attached hydrogens (tertiary/aromatic N) is 2. The van der Waals surface area contributed by atoms with Crippen LogP contribution < -0.4 is 10.6 Å². The van der Waals surface area contributed by atoms with E-state index in [4.69, 9.17) is 6.58 Å². The van der Waals surface area contributed by atoms with Crippen LogP contribution in [0.2, 0.25) is 0 Å². The van der Waals surface area contributed by atoms with Gasteiger partial charge in [0, 0.05) is 19.6 Å². The molecule has 0 rings (SSSR count). The summed E-state index contributed by atoms with van der Waals surface area (Å²) in [7, 11) is 4.29. The normalized spacial score (nSPS) is 11.5. The Labute approximate surface area is 449 Å². The molecule has 71 heavy (non-hydrogen) atoms. The third-order valence-corrected chi connectivity index (χ3v) is 15.6. The highest BCUT2D eigenvalue weighted by Gasteiger charge is 2.14. The van der Waals surface area contributed by atoms with Crippen molar-refractivity contribution in [1.82, 2.24) is 20.4 Å². The maximum Gasteiger partial charge on any atom is 0.0912 e. The fraction of sp³-hybridized carbons (Fsp3) is 0.881. The second kappa shape index (κ2) is 59.2. The van der Waals surface area contributed by atoms with Gasteiger partial charge < -0.3 is 20.4 Å². The lowest BCUT2D eigenvalue weighted by Crippen LogP contribution is -2.36. The molecule has 0 saturated heterocycles. The number of rotatable bonds is 59. The van der Waals surface area contributed by atoms with Crippen molar-refractivity contribution in [2.75, 3.05) is 53.4 Å². The molecule has 0 aromatic heterocycles. The molecule has 0 heterocycles. The molecule has 0 aliphatic heterocycles. The molecule has 0 unspecified atom stereocenters. The standard InChI is InChI=1S/C65H130N4.C2H2/c1-10-14-18-22-32-40-49-64(50-41-33-23-19-15-11-2)54-53-61(5)47-38-30-29-37-45-59-69(60-56-67-63(7)66-55-46-57-68(8)9)58-44-36-28-26-27-31-39-48-62(6)65(51-42-34-24-20-16-12-3)52-43-35-25-21-17-13-4;1-2/h64-67H,5-7,10-60H2,1-4,8-9H3;1-2H. The lowest BCUT2D eigenvalue weighted by atomic mass is 9.86. The number of unbranched alkanes of at least 4 members (excludes halogenated alkanes) is 30. The highest BCUT2D eigenvalue weighted by Crippen LogP contribution is 2.29. The topological polar surface area (TPSA) is 30.5 Å². The fourth-order valence-corrected chi connectivity index (χ4v) is 10.7. The molecule has 0 saturated carbocycles. The molecule has 0 spiro atoms. The lowest BCUT2D eigenvalue weighted by molar-refractivity contribution is 0.261. The number of hydrogen-bond acceptors (Lipinski definition) is 4. The van der Waals surface area contributed by atoms with E-state index in [0.29, 0.717) is 0 Å². The van der Waals surface area contributed by atoms with Gasteiger partial charge in [-0.15, -0.1) is 12.8 Å². The van der Waals surface area contributed by atoms with E-state index >= 15 is 0 Å². The Bertz CT molecular complexity index is 1080. The molecule has 0 amide bonds. The molecule has 0 aliphatic carbocycles. The van der Waals surface area contributed by atoms with E-state index in [-0.39, 0.29) is 0 Å². The van der Waals surface area contributed by atoms with Gasteiger partial charge in [0.05, 0.1) is 5.82 Å². The lowest BCUT2D eigenvalue weighted by Gasteiger charge is -2.23. The monoisotopic (exact) mass is 993 g/mol. The third-order valence-electron chi connectivity index (χ3n) is 15.6. The van der Waals surface area contributed by atoms with E-state index in [2.05, 4.69) is 88.2 Å². The second-order valence-corrected chi connectivity index (χ2v) is 22.8. The minimum atomic E-state index is 0.778. The largest absolute Gasteiger partial charge is 0.372 e. The van der Waals surface area contributed by atoms with Crippen LogP contribution in [0.25, 0.3) is 0 Å². The van der Waals surface area contributed by atoms with E-state index < -0.39 is 0 Å². The van der Waals surface area contributed by atoms with E-state index in [9.17, 15) is 0 Å². The van der Waals surface area contributed by atoms with Crippen molar-refractivity contribution in [3.8, 4) is 12.8 Å². The minimum Gasteiger partial charge on any atom is -0.372 e. The van der Waals surface area contributed by atoms with Gasteiger partial charge in [-0.3, -0.25) is 0 Å². The van der Waals surface area contributed by atoms with Crippen LogP contribution in [0.1, 0.15) is 317 Å². The minimum absolute atomic E-state index is 0.778. The molecule has 4 heteroatoms. The average molecular weight is 994 g/mol. The highest BCUT2D eigenvalue weighted by atomic mass is 15.2. The SMILES string of the molecule is C#C.C=C(CCCCCCCN(CCCCCCCCCC(=C)C(CCCCCCCC)CCCCCCCC)CCNC(=C)NCCCN(C)C)CCC(CCCCCCCC)CCCCCCCC. The van der Waals surface area contributed by atoms with Gasteiger partial charge in [0.1, 0.15) is 0 Å². The van der Waals surface area contributed by atoms with Gasteiger partial charge in [-0.25, -0.2) is 0 Å². The first-order chi connectivity index (χ1) is 34.8. The van der Waals surface area contributed by atoms with Crippen molar-refractivity contribution in [3.63, 3.8) is 0 Å². The Kier molecular flexibility index (Phi) is 59.5.